The minimum Gasteiger partial charge on any atom is -0.341 e. The Hall–Kier alpha value is -2.02. The van der Waals surface area contributed by atoms with E-state index >= 15 is 0 Å². The molecule has 0 saturated carbocycles. The Morgan fingerprint density at radius 3 is 2.79 bits per heavy atom. The first-order valence-electron chi connectivity index (χ1n) is 8.46. The summed E-state index contributed by atoms with van der Waals surface area (Å²) in [4.78, 5) is 6.73. The lowest BCUT2D eigenvalue weighted by molar-refractivity contribution is 0.454. The van der Waals surface area contributed by atoms with Gasteiger partial charge in [-0.3, -0.25) is 4.99 Å². The van der Waals surface area contributed by atoms with Crippen molar-refractivity contribution in [1.29, 1.82) is 0 Å². The van der Waals surface area contributed by atoms with Crippen LogP contribution in [0.1, 0.15) is 26.7 Å². The summed E-state index contributed by atoms with van der Waals surface area (Å²) in [7, 11) is -3.31. The molecule has 6 nitrogen and oxygen atoms in total. The summed E-state index contributed by atoms with van der Waals surface area (Å²) in [6.45, 7) is 6.71. The highest BCUT2D eigenvalue weighted by atomic mass is 32.2. The van der Waals surface area contributed by atoms with Crippen molar-refractivity contribution in [3.63, 3.8) is 0 Å². The lowest BCUT2D eigenvalue weighted by atomic mass is 10.2. The molecule has 0 unspecified atom stereocenters. The van der Waals surface area contributed by atoms with Gasteiger partial charge in [0.1, 0.15) is 0 Å². The first-order valence-corrected chi connectivity index (χ1v) is 10.1. The fourth-order valence-corrected chi connectivity index (χ4v) is 4.41. The highest BCUT2D eigenvalue weighted by Crippen LogP contribution is 2.23. The van der Waals surface area contributed by atoms with E-state index in [0.29, 0.717) is 11.9 Å². The monoisotopic (exact) mass is 348 g/mol. The van der Waals surface area contributed by atoms with Crippen molar-refractivity contribution in [1.82, 2.24) is 8.87 Å². The van der Waals surface area contributed by atoms with Gasteiger partial charge in [0.05, 0.1) is 17.8 Å². The SMILES string of the molecule is CCCN1CCN=C1Nc1ccc2ccn(S(=O)(=O)CCC)c2c1. The number of hydrogen-bond acceptors (Lipinski definition) is 5. The zero-order valence-corrected chi connectivity index (χ0v) is 15.0. The van der Waals surface area contributed by atoms with E-state index in [0.717, 1.165) is 43.1 Å². The van der Waals surface area contributed by atoms with Crippen molar-refractivity contribution >= 4 is 32.6 Å². The molecule has 1 aliphatic heterocycles. The number of rotatable bonds is 6. The van der Waals surface area contributed by atoms with E-state index in [1.807, 2.05) is 31.2 Å². The topological polar surface area (TPSA) is 66.7 Å². The fraction of sp³-hybridized carbons (Fsp3) is 0.471. The van der Waals surface area contributed by atoms with Crippen LogP contribution in [-0.4, -0.2) is 48.6 Å². The molecule has 24 heavy (non-hydrogen) atoms. The number of anilines is 1. The second-order valence-corrected chi connectivity index (χ2v) is 7.98. The van der Waals surface area contributed by atoms with Gasteiger partial charge in [0, 0.05) is 30.4 Å². The number of nitrogens with one attached hydrogen (secondary N) is 1. The molecule has 0 spiro atoms. The Balaban J connectivity index is 1.91. The van der Waals surface area contributed by atoms with E-state index in [1.54, 1.807) is 6.20 Å². The summed E-state index contributed by atoms with van der Waals surface area (Å²) in [5.41, 5.74) is 1.56. The van der Waals surface area contributed by atoms with Crippen LogP contribution < -0.4 is 5.32 Å². The van der Waals surface area contributed by atoms with Crippen molar-refractivity contribution in [2.45, 2.75) is 26.7 Å². The van der Waals surface area contributed by atoms with Crippen molar-refractivity contribution in [3.05, 3.63) is 30.5 Å². The predicted octanol–water partition coefficient (Wildman–Crippen LogP) is 2.72. The molecule has 2 heterocycles. The third kappa shape index (κ3) is 3.26. The largest absolute Gasteiger partial charge is 0.341 e. The number of nitrogens with zero attached hydrogens (tertiary/aromatic N) is 3. The molecule has 0 amide bonds. The van der Waals surface area contributed by atoms with Crippen molar-refractivity contribution in [2.24, 2.45) is 4.99 Å². The summed E-state index contributed by atoms with van der Waals surface area (Å²) in [5.74, 6) is 1.01. The second kappa shape index (κ2) is 6.84. The van der Waals surface area contributed by atoms with Crippen LogP contribution in [0, 0.1) is 0 Å². The fourth-order valence-electron chi connectivity index (χ4n) is 3.00. The van der Waals surface area contributed by atoms with Crippen LogP contribution in [0.15, 0.2) is 35.5 Å². The van der Waals surface area contributed by atoms with Crippen LogP contribution in [0.4, 0.5) is 5.69 Å². The van der Waals surface area contributed by atoms with Crippen LogP contribution in [0.5, 0.6) is 0 Å². The van der Waals surface area contributed by atoms with E-state index < -0.39 is 10.0 Å². The second-order valence-electron chi connectivity index (χ2n) is 6.02. The maximum atomic E-state index is 12.4. The lowest BCUT2D eigenvalue weighted by Gasteiger charge is -2.20. The molecule has 2 aromatic rings. The molecule has 0 fully saturated rings. The van der Waals surface area contributed by atoms with Gasteiger partial charge in [-0.25, -0.2) is 12.4 Å². The van der Waals surface area contributed by atoms with Gasteiger partial charge in [-0.05, 0) is 31.0 Å². The highest BCUT2D eigenvalue weighted by Gasteiger charge is 2.18. The zero-order chi connectivity index (χ0) is 17.2. The summed E-state index contributed by atoms with van der Waals surface area (Å²) < 4.78 is 26.2. The Labute approximate surface area is 143 Å². The number of aliphatic imine (C=N–C) groups is 1. The van der Waals surface area contributed by atoms with Crippen molar-refractivity contribution < 1.29 is 8.42 Å². The third-order valence-corrected chi connectivity index (χ3v) is 5.94. The summed E-state index contributed by atoms with van der Waals surface area (Å²) in [5, 5.41) is 4.25. The molecule has 1 aliphatic rings. The summed E-state index contributed by atoms with van der Waals surface area (Å²) in [6, 6.07) is 7.62. The molecule has 0 atom stereocenters. The number of guanidine groups is 1. The number of aromatic nitrogens is 1. The van der Waals surface area contributed by atoms with Crippen molar-refractivity contribution in [3.8, 4) is 0 Å². The molecule has 7 heteroatoms. The molecule has 0 saturated heterocycles. The lowest BCUT2D eigenvalue weighted by Crippen LogP contribution is -2.33. The Morgan fingerprint density at radius 2 is 2.04 bits per heavy atom. The van der Waals surface area contributed by atoms with Gasteiger partial charge in [-0.2, -0.15) is 0 Å². The van der Waals surface area contributed by atoms with Gasteiger partial charge in [0.2, 0.25) is 10.0 Å². The quantitative estimate of drug-likeness (QED) is 0.872. The third-order valence-electron chi connectivity index (χ3n) is 4.10. The minimum atomic E-state index is -3.31. The molecular formula is C17H24N4O2S. The Bertz CT molecular complexity index is 855. The molecule has 130 valence electrons. The normalized spacial score (nSPS) is 15.1. The summed E-state index contributed by atoms with van der Waals surface area (Å²) in [6.07, 6.45) is 3.30. The molecule has 1 N–H and O–H groups in total. The molecule has 0 aliphatic carbocycles. The zero-order valence-electron chi connectivity index (χ0n) is 14.2. The van der Waals surface area contributed by atoms with E-state index in [-0.39, 0.29) is 5.75 Å². The Morgan fingerprint density at radius 1 is 1.21 bits per heavy atom. The smallest absolute Gasteiger partial charge is 0.238 e. The number of fused-ring (bicyclic) bond motifs is 1. The van der Waals surface area contributed by atoms with E-state index in [9.17, 15) is 8.42 Å². The molecule has 3 rings (SSSR count). The van der Waals surface area contributed by atoms with Gasteiger partial charge >= 0.3 is 0 Å². The summed E-state index contributed by atoms with van der Waals surface area (Å²) >= 11 is 0. The maximum Gasteiger partial charge on any atom is 0.238 e. The molecule has 0 bridgehead atoms. The van der Waals surface area contributed by atoms with Crippen LogP contribution in [-0.2, 0) is 10.0 Å². The number of benzene rings is 1. The van der Waals surface area contributed by atoms with Gasteiger partial charge in [0.25, 0.3) is 0 Å². The van der Waals surface area contributed by atoms with Crippen LogP contribution in [0.2, 0.25) is 0 Å². The molecule has 1 aromatic carbocycles. The molecule has 0 radical (unpaired) electrons. The predicted molar refractivity (Wildman–Crippen MR) is 99.2 cm³/mol. The van der Waals surface area contributed by atoms with E-state index in [4.69, 9.17) is 0 Å². The van der Waals surface area contributed by atoms with Crippen LogP contribution >= 0.6 is 0 Å². The highest BCUT2D eigenvalue weighted by molar-refractivity contribution is 7.90. The average Bonchev–Trinajstić information content (AvgIpc) is 3.15. The van der Waals surface area contributed by atoms with Crippen molar-refractivity contribution in [2.75, 3.05) is 30.7 Å². The minimum absolute atomic E-state index is 0.144. The average molecular weight is 348 g/mol. The Kier molecular flexibility index (Phi) is 4.80. The first-order chi connectivity index (χ1) is 11.5. The number of hydrogen-bond donors (Lipinski definition) is 1. The van der Waals surface area contributed by atoms with Gasteiger partial charge in [-0.1, -0.05) is 19.9 Å². The first kappa shape index (κ1) is 16.8. The van der Waals surface area contributed by atoms with Crippen LogP contribution in [0.3, 0.4) is 0 Å². The van der Waals surface area contributed by atoms with E-state index in [1.165, 1.54) is 3.97 Å². The van der Waals surface area contributed by atoms with Crippen LogP contribution in [0.25, 0.3) is 10.9 Å². The van der Waals surface area contributed by atoms with E-state index in [2.05, 4.69) is 22.1 Å². The standard InChI is InChI=1S/C17H24N4O2S/c1-3-9-20-11-8-18-17(20)19-15-6-5-14-7-10-21(16(14)13-15)24(22,23)12-4-2/h5-7,10,13H,3-4,8-9,11-12H2,1-2H3,(H,18,19). The van der Waals surface area contributed by atoms with Gasteiger partial charge < -0.3 is 10.2 Å². The maximum absolute atomic E-state index is 12.4. The molecular weight excluding hydrogens is 324 g/mol. The van der Waals surface area contributed by atoms with Gasteiger partial charge in [0.15, 0.2) is 5.96 Å². The molecule has 1 aromatic heterocycles. The van der Waals surface area contributed by atoms with Gasteiger partial charge in [-0.15, -0.1) is 0 Å².